The maximum atomic E-state index is 11.0. The second kappa shape index (κ2) is 4.24. The van der Waals surface area contributed by atoms with Gasteiger partial charge in [0.25, 0.3) is 0 Å². The summed E-state index contributed by atoms with van der Waals surface area (Å²) >= 11 is 0. The van der Waals surface area contributed by atoms with E-state index < -0.39 is 28.0 Å². The largest absolute Gasteiger partial charge is 0.550 e. The monoisotopic (exact) mass is 223 g/mol. The first-order valence-electron chi connectivity index (χ1n) is 4.32. The molecule has 1 aliphatic rings. The molecule has 2 atom stereocenters. The maximum absolute atomic E-state index is 11.0. The van der Waals surface area contributed by atoms with Gasteiger partial charge >= 0.3 is 0 Å². The Hall–Kier alpha value is -0.660. The molecule has 1 heterocycles. The van der Waals surface area contributed by atoms with Crippen molar-refractivity contribution in [2.45, 2.75) is 18.6 Å². The number of hydrogen-bond donors (Lipinski definition) is 2. The fourth-order valence-corrected chi connectivity index (χ4v) is 3.34. The Morgan fingerprint density at radius 2 is 2.14 bits per heavy atom. The van der Waals surface area contributed by atoms with Crippen LogP contribution in [0.3, 0.4) is 0 Å². The summed E-state index contributed by atoms with van der Waals surface area (Å²) in [6.07, 6.45) is -1.02. The number of sulfone groups is 1. The van der Waals surface area contributed by atoms with Gasteiger partial charge < -0.3 is 20.3 Å². The van der Waals surface area contributed by atoms with Crippen LogP contribution in [0, 0.1) is 0 Å². The second-order valence-electron chi connectivity index (χ2n) is 3.45. The maximum Gasteiger partial charge on any atom is 0.159 e. The number of hydrogen-bond acceptors (Lipinski definition) is 5. The molecular weight excluding hydrogens is 210 g/mol. The van der Waals surface area contributed by atoms with Crippen LogP contribution in [-0.4, -0.2) is 49.7 Å². The molecule has 0 aromatic rings. The third kappa shape index (κ3) is 3.24. The number of rotatable bonds is 4. The Balaban J connectivity index is 2.36. The average Bonchev–Trinajstić information content (AvgIpc) is 2.24. The third-order valence-electron chi connectivity index (χ3n) is 2.18. The molecule has 6 nitrogen and oxygen atoms in total. The standard InChI is InChI=1S/C7H13NO5S/c9-6-4-14(12,13)3-5(6)8-2-1-7(10)11/h5-6,8-9H,1-4H2,(H,10,11)/t5-,6-/m1/s1. The van der Waals surface area contributed by atoms with E-state index in [4.69, 9.17) is 0 Å². The molecule has 0 amide bonds. The SMILES string of the molecule is O=C([O-])CC[NH2+][C@@H]1CS(=O)(=O)C[C@H]1O. The number of carbonyl (C=O) groups is 1. The first kappa shape index (κ1) is 11.4. The Morgan fingerprint density at radius 1 is 1.50 bits per heavy atom. The smallest absolute Gasteiger partial charge is 0.159 e. The minimum atomic E-state index is -3.14. The molecule has 0 saturated carbocycles. The zero-order valence-corrected chi connectivity index (χ0v) is 8.37. The van der Waals surface area contributed by atoms with E-state index in [1.165, 1.54) is 0 Å². The van der Waals surface area contributed by atoms with Crippen LogP contribution in [0.4, 0.5) is 0 Å². The number of nitrogens with two attached hydrogens (primary N) is 1. The van der Waals surface area contributed by atoms with Gasteiger partial charge in [0, 0.05) is 12.4 Å². The number of aliphatic hydroxyl groups is 1. The topological polar surface area (TPSA) is 111 Å². The van der Waals surface area contributed by atoms with E-state index >= 15 is 0 Å². The van der Waals surface area contributed by atoms with Crippen molar-refractivity contribution in [1.82, 2.24) is 0 Å². The fourth-order valence-electron chi connectivity index (χ4n) is 1.50. The van der Waals surface area contributed by atoms with E-state index in [-0.39, 0.29) is 24.5 Å². The molecule has 82 valence electrons. The molecule has 3 N–H and O–H groups in total. The Bertz CT molecular complexity index is 312. The summed E-state index contributed by atoms with van der Waals surface area (Å²) in [5.74, 6) is -1.47. The quantitative estimate of drug-likeness (QED) is 0.502. The highest BCUT2D eigenvalue weighted by Gasteiger charge is 2.38. The van der Waals surface area contributed by atoms with E-state index in [9.17, 15) is 23.4 Å². The van der Waals surface area contributed by atoms with Gasteiger partial charge in [-0.15, -0.1) is 0 Å². The summed E-state index contributed by atoms with van der Waals surface area (Å²) in [4.78, 5) is 10.1. The third-order valence-corrected chi connectivity index (χ3v) is 3.93. The van der Waals surface area contributed by atoms with Crippen LogP contribution in [-0.2, 0) is 14.6 Å². The first-order valence-corrected chi connectivity index (χ1v) is 6.14. The summed E-state index contributed by atoms with van der Waals surface area (Å²) in [6, 6.07) is -0.431. The molecule has 1 fully saturated rings. The normalized spacial score (nSPS) is 30.4. The molecule has 0 spiro atoms. The van der Waals surface area contributed by atoms with Gasteiger partial charge in [-0.05, 0) is 0 Å². The second-order valence-corrected chi connectivity index (χ2v) is 5.61. The van der Waals surface area contributed by atoms with Crippen LogP contribution < -0.4 is 10.4 Å². The van der Waals surface area contributed by atoms with Crippen LogP contribution >= 0.6 is 0 Å². The lowest BCUT2D eigenvalue weighted by Crippen LogP contribution is -2.93. The van der Waals surface area contributed by atoms with Gasteiger partial charge in [0.05, 0.1) is 12.3 Å². The predicted molar refractivity (Wildman–Crippen MR) is 44.9 cm³/mol. The lowest BCUT2D eigenvalue weighted by molar-refractivity contribution is -0.690. The number of carboxylic acid groups (broad SMARTS) is 1. The molecule has 0 aromatic heterocycles. The summed E-state index contributed by atoms with van der Waals surface area (Å²) in [7, 11) is -3.14. The molecule has 0 aliphatic carbocycles. The predicted octanol–water partition coefficient (Wildman–Crippen LogP) is -4.15. The molecule has 0 aromatic carbocycles. The van der Waals surface area contributed by atoms with E-state index in [1.807, 2.05) is 0 Å². The molecule has 0 bridgehead atoms. The molecule has 0 unspecified atom stereocenters. The van der Waals surface area contributed by atoms with Crippen LogP contribution in [0.2, 0.25) is 0 Å². The Labute approximate surface area is 81.8 Å². The minimum absolute atomic E-state index is 0.0821. The van der Waals surface area contributed by atoms with Crippen molar-refractivity contribution in [3.63, 3.8) is 0 Å². The highest BCUT2D eigenvalue weighted by atomic mass is 32.2. The summed E-state index contributed by atoms with van der Waals surface area (Å²) in [6.45, 7) is 0.236. The van der Waals surface area contributed by atoms with E-state index in [0.717, 1.165) is 0 Å². The van der Waals surface area contributed by atoms with Crippen molar-refractivity contribution in [2.24, 2.45) is 0 Å². The lowest BCUT2D eigenvalue weighted by atomic mass is 10.2. The summed E-state index contributed by atoms with van der Waals surface area (Å²) < 4.78 is 22.1. The molecule has 14 heavy (non-hydrogen) atoms. The molecule has 0 radical (unpaired) electrons. The van der Waals surface area contributed by atoms with Gasteiger partial charge in [0.2, 0.25) is 0 Å². The Kier molecular flexibility index (Phi) is 3.46. The summed E-state index contributed by atoms with van der Waals surface area (Å²) in [5.41, 5.74) is 0. The summed E-state index contributed by atoms with van der Waals surface area (Å²) in [5, 5.41) is 20.9. The van der Waals surface area contributed by atoms with Crippen LogP contribution in [0.15, 0.2) is 0 Å². The fraction of sp³-hybridized carbons (Fsp3) is 0.857. The number of aliphatic carboxylic acids is 1. The van der Waals surface area contributed by atoms with Gasteiger partial charge in [-0.25, -0.2) is 8.42 Å². The van der Waals surface area contributed by atoms with E-state index in [0.29, 0.717) is 0 Å². The van der Waals surface area contributed by atoms with Crippen LogP contribution in [0.25, 0.3) is 0 Å². The highest BCUT2D eigenvalue weighted by Crippen LogP contribution is 2.08. The Morgan fingerprint density at radius 3 is 2.57 bits per heavy atom. The van der Waals surface area contributed by atoms with Gasteiger partial charge in [0.15, 0.2) is 9.84 Å². The number of carbonyl (C=O) groups excluding carboxylic acids is 1. The van der Waals surface area contributed by atoms with Crippen molar-refractivity contribution in [3.05, 3.63) is 0 Å². The molecule has 1 aliphatic heterocycles. The van der Waals surface area contributed by atoms with E-state index in [1.54, 1.807) is 5.32 Å². The average molecular weight is 223 g/mol. The minimum Gasteiger partial charge on any atom is -0.550 e. The number of aliphatic hydroxyl groups excluding tert-OH is 1. The van der Waals surface area contributed by atoms with Crippen molar-refractivity contribution < 1.29 is 28.7 Å². The van der Waals surface area contributed by atoms with Gasteiger partial charge in [-0.2, -0.15) is 0 Å². The number of carboxylic acids is 1. The van der Waals surface area contributed by atoms with Crippen molar-refractivity contribution >= 4 is 15.8 Å². The molecule has 1 rings (SSSR count). The molecular formula is C7H13NO5S. The van der Waals surface area contributed by atoms with Crippen molar-refractivity contribution in [1.29, 1.82) is 0 Å². The lowest BCUT2D eigenvalue weighted by Gasteiger charge is -2.11. The number of quaternary nitrogens is 1. The first-order chi connectivity index (χ1) is 6.41. The van der Waals surface area contributed by atoms with Crippen LogP contribution in [0.1, 0.15) is 6.42 Å². The van der Waals surface area contributed by atoms with Crippen molar-refractivity contribution in [2.75, 3.05) is 18.1 Å². The van der Waals surface area contributed by atoms with Crippen molar-refractivity contribution in [3.8, 4) is 0 Å². The van der Waals surface area contributed by atoms with E-state index in [2.05, 4.69) is 0 Å². The van der Waals surface area contributed by atoms with Crippen LogP contribution in [0.5, 0.6) is 0 Å². The zero-order valence-electron chi connectivity index (χ0n) is 7.55. The van der Waals surface area contributed by atoms with Gasteiger partial charge in [0.1, 0.15) is 17.9 Å². The van der Waals surface area contributed by atoms with Gasteiger partial charge in [-0.3, -0.25) is 0 Å². The zero-order chi connectivity index (χ0) is 10.8. The highest BCUT2D eigenvalue weighted by molar-refractivity contribution is 7.91. The molecule has 7 heteroatoms. The molecule has 1 saturated heterocycles. The van der Waals surface area contributed by atoms with Gasteiger partial charge in [-0.1, -0.05) is 0 Å².